The number of carbonyl (C=O) groups excluding carboxylic acids is 1. The van der Waals surface area contributed by atoms with Crippen LogP contribution in [0.25, 0.3) is 0 Å². The molecule has 1 fully saturated rings. The van der Waals surface area contributed by atoms with Crippen LogP contribution in [0.1, 0.15) is 61.0 Å². The van der Waals surface area contributed by atoms with Crippen molar-refractivity contribution in [2.75, 3.05) is 0 Å². The zero-order valence-electron chi connectivity index (χ0n) is 16.9. The number of rotatable bonds is 4. The van der Waals surface area contributed by atoms with Gasteiger partial charge in [-0.1, -0.05) is 51.1 Å². The monoisotopic (exact) mass is 345 g/mol. The molecule has 1 amide bonds. The Hall–Kier alpha value is -1.33. The van der Waals surface area contributed by atoms with Gasteiger partial charge in [0.2, 0.25) is 5.91 Å². The second kappa shape index (κ2) is 6.77. The minimum Gasteiger partial charge on any atom is -0.402 e. The molecule has 1 aromatic rings. The Morgan fingerprint density at radius 3 is 2.00 bits per heavy atom. The predicted octanol–water partition coefficient (Wildman–Crippen LogP) is 4.08. The molecule has 0 aliphatic carbocycles. The second-order valence-corrected chi connectivity index (χ2v) is 9.03. The van der Waals surface area contributed by atoms with Gasteiger partial charge in [0.1, 0.15) is 0 Å². The molecule has 1 heterocycles. The Labute approximate surface area is 153 Å². The molecular weight excluding hydrogens is 313 g/mol. The number of hydrogen-bond donors (Lipinski definition) is 0. The summed E-state index contributed by atoms with van der Waals surface area (Å²) in [6.07, 6.45) is 0. The Balaban J connectivity index is 2.27. The van der Waals surface area contributed by atoms with Crippen LogP contribution >= 0.6 is 0 Å². The van der Waals surface area contributed by atoms with E-state index in [9.17, 15) is 4.79 Å². The lowest BCUT2D eigenvalue weighted by Crippen LogP contribution is -2.52. The summed E-state index contributed by atoms with van der Waals surface area (Å²) in [4.78, 5) is 15.0. The van der Waals surface area contributed by atoms with Gasteiger partial charge >= 0.3 is 7.12 Å². The second-order valence-electron chi connectivity index (χ2n) is 9.03. The highest BCUT2D eigenvalue weighted by Crippen LogP contribution is 2.38. The van der Waals surface area contributed by atoms with Crippen molar-refractivity contribution in [3.05, 3.63) is 35.9 Å². The Bertz CT molecular complexity index is 591. The van der Waals surface area contributed by atoms with Crippen LogP contribution < -0.4 is 0 Å². The highest BCUT2D eigenvalue weighted by atomic mass is 16.7. The van der Waals surface area contributed by atoms with E-state index in [1.54, 1.807) is 0 Å². The van der Waals surface area contributed by atoms with Gasteiger partial charge in [0.15, 0.2) is 0 Å². The average molecular weight is 345 g/mol. The number of amides is 1. The lowest BCUT2D eigenvalue weighted by atomic mass is 9.77. The van der Waals surface area contributed by atoms with Gasteiger partial charge in [-0.2, -0.15) is 0 Å². The van der Waals surface area contributed by atoms with E-state index >= 15 is 0 Å². The molecule has 1 aliphatic rings. The van der Waals surface area contributed by atoms with E-state index in [0.717, 1.165) is 5.56 Å². The zero-order chi connectivity index (χ0) is 19.0. The van der Waals surface area contributed by atoms with E-state index in [2.05, 4.69) is 0 Å². The van der Waals surface area contributed by atoms with Gasteiger partial charge in [-0.3, -0.25) is 4.79 Å². The Morgan fingerprint density at radius 1 is 1.08 bits per heavy atom. The first-order chi connectivity index (χ1) is 11.3. The van der Waals surface area contributed by atoms with Crippen molar-refractivity contribution in [1.82, 2.24) is 4.90 Å². The summed E-state index contributed by atoms with van der Waals surface area (Å²) in [5.74, 6) is -0.0912. The maximum atomic E-state index is 13.1. The van der Waals surface area contributed by atoms with Gasteiger partial charge in [-0.25, -0.2) is 0 Å². The zero-order valence-corrected chi connectivity index (χ0v) is 16.9. The van der Waals surface area contributed by atoms with Crippen LogP contribution in [0.15, 0.2) is 30.3 Å². The van der Waals surface area contributed by atoms with Crippen LogP contribution in [0.2, 0.25) is 0 Å². The molecule has 2 rings (SSSR count). The summed E-state index contributed by atoms with van der Waals surface area (Å²) >= 11 is 0. The fraction of sp³-hybridized carbons (Fsp3) is 0.650. The molecule has 0 aromatic heterocycles. The van der Waals surface area contributed by atoms with Crippen LogP contribution in [-0.2, 0) is 20.6 Å². The summed E-state index contributed by atoms with van der Waals surface area (Å²) in [7, 11) is -0.444. The van der Waals surface area contributed by atoms with E-state index in [4.69, 9.17) is 9.31 Å². The molecule has 0 radical (unpaired) electrons. The molecule has 0 saturated carbocycles. The van der Waals surface area contributed by atoms with Crippen molar-refractivity contribution in [3.63, 3.8) is 0 Å². The molecular formula is C20H32BNO3. The smallest absolute Gasteiger partial charge is 0.402 e. The maximum Gasteiger partial charge on any atom is 0.481 e. The Kier molecular flexibility index (Phi) is 5.41. The van der Waals surface area contributed by atoms with E-state index in [1.165, 1.54) is 0 Å². The highest BCUT2D eigenvalue weighted by molar-refractivity contribution is 6.47. The van der Waals surface area contributed by atoms with Gasteiger partial charge in [-0.15, -0.1) is 0 Å². The molecule has 138 valence electrons. The molecule has 25 heavy (non-hydrogen) atoms. The van der Waals surface area contributed by atoms with Gasteiger partial charge in [0, 0.05) is 12.0 Å². The van der Waals surface area contributed by atoms with Gasteiger partial charge in [0.25, 0.3) is 0 Å². The first kappa shape index (κ1) is 20.0. The third kappa shape index (κ3) is 4.26. The van der Waals surface area contributed by atoms with Crippen molar-refractivity contribution < 1.29 is 14.1 Å². The van der Waals surface area contributed by atoms with Crippen LogP contribution in [0.5, 0.6) is 0 Å². The largest absolute Gasteiger partial charge is 0.481 e. The van der Waals surface area contributed by atoms with Crippen LogP contribution in [0, 0.1) is 5.41 Å². The molecule has 0 unspecified atom stereocenters. The molecule has 0 spiro atoms. The van der Waals surface area contributed by atoms with Crippen molar-refractivity contribution in [2.24, 2.45) is 5.41 Å². The normalized spacial score (nSPS) is 20.4. The summed E-state index contributed by atoms with van der Waals surface area (Å²) in [5, 5.41) is 0. The number of benzene rings is 1. The fourth-order valence-corrected chi connectivity index (χ4v) is 2.84. The van der Waals surface area contributed by atoms with E-state index in [0.29, 0.717) is 6.54 Å². The summed E-state index contributed by atoms with van der Waals surface area (Å²) < 4.78 is 12.4. The third-order valence-electron chi connectivity index (χ3n) is 5.26. The summed E-state index contributed by atoms with van der Waals surface area (Å²) in [6.45, 7) is 16.5. The van der Waals surface area contributed by atoms with Gasteiger partial charge in [-0.05, 0) is 40.2 Å². The van der Waals surface area contributed by atoms with Crippen LogP contribution in [0.4, 0.5) is 0 Å². The van der Waals surface area contributed by atoms with E-state index in [1.807, 2.05) is 90.6 Å². The fourth-order valence-electron chi connectivity index (χ4n) is 2.84. The van der Waals surface area contributed by atoms with Gasteiger partial charge in [0.05, 0.1) is 17.1 Å². The Morgan fingerprint density at radius 2 is 1.56 bits per heavy atom. The molecule has 1 atom stereocenters. The molecule has 1 aromatic carbocycles. The average Bonchev–Trinajstić information content (AvgIpc) is 2.72. The van der Waals surface area contributed by atoms with Crippen LogP contribution in [-0.4, -0.2) is 35.1 Å². The minimum absolute atomic E-state index is 0.0959. The van der Waals surface area contributed by atoms with Gasteiger partial charge < -0.3 is 14.2 Å². The molecule has 0 bridgehead atoms. The summed E-state index contributed by atoms with van der Waals surface area (Å²) in [6, 6.07) is 10.1. The predicted molar refractivity (Wildman–Crippen MR) is 102 cm³/mol. The van der Waals surface area contributed by atoms with Crippen LogP contribution in [0.3, 0.4) is 0 Å². The SMILES string of the molecule is C[C@@H](B1OC(C)(C)C(C)(C)O1)N(Cc1ccccc1)C(=O)C(C)(C)C. The van der Waals surface area contributed by atoms with Crippen molar-refractivity contribution >= 4 is 13.0 Å². The number of nitrogens with zero attached hydrogens (tertiary/aromatic N) is 1. The topological polar surface area (TPSA) is 38.8 Å². The maximum absolute atomic E-state index is 13.1. The number of hydrogen-bond acceptors (Lipinski definition) is 3. The van der Waals surface area contributed by atoms with E-state index in [-0.39, 0.29) is 11.8 Å². The molecule has 4 nitrogen and oxygen atoms in total. The molecule has 1 saturated heterocycles. The van der Waals surface area contributed by atoms with Crippen molar-refractivity contribution in [1.29, 1.82) is 0 Å². The number of carbonyl (C=O) groups is 1. The lowest BCUT2D eigenvalue weighted by molar-refractivity contribution is -0.141. The first-order valence-corrected chi connectivity index (χ1v) is 9.06. The molecule has 0 N–H and O–H groups in total. The van der Waals surface area contributed by atoms with E-state index < -0.39 is 23.7 Å². The molecule has 1 aliphatic heterocycles. The lowest BCUT2D eigenvalue weighted by Gasteiger charge is -2.35. The van der Waals surface area contributed by atoms with Crippen molar-refractivity contribution in [3.8, 4) is 0 Å². The minimum atomic E-state index is -0.466. The summed E-state index contributed by atoms with van der Waals surface area (Å²) in [5.41, 5.74) is -0.180. The quantitative estimate of drug-likeness (QED) is 0.772. The standard InChI is InChI=1S/C20H32BNO3/c1-15(21-24-19(5,6)20(7,8)25-21)22(17(23)18(2,3)4)14-16-12-10-9-11-13-16/h9-13,15H,14H2,1-8H3/t15-/m0/s1. The highest BCUT2D eigenvalue weighted by Gasteiger charge is 2.54. The molecule has 5 heteroatoms. The first-order valence-electron chi connectivity index (χ1n) is 9.06. The third-order valence-corrected chi connectivity index (χ3v) is 5.26. The van der Waals surface area contributed by atoms with Crippen molar-refractivity contribution in [2.45, 2.75) is 79.1 Å².